The first-order chi connectivity index (χ1) is 8.81. The van der Waals surface area contributed by atoms with Gasteiger partial charge in [0.25, 0.3) is 0 Å². The summed E-state index contributed by atoms with van der Waals surface area (Å²) in [7, 11) is 0. The quantitative estimate of drug-likeness (QED) is 0.874. The molecule has 1 atom stereocenters. The van der Waals surface area contributed by atoms with Crippen LogP contribution in [0.2, 0.25) is 0 Å². The second-order valence-corrected chi connectivity index (χ2v) is 5.75. The van der Waals surface area contributed by atoms with Crippen LogP contribution >= 0.6 is 0 Å². The van der Waals surface area contributed by atoms with Crippen molar-refractivity contribution in [1.82, 2.24) is 14.5 Å². The molecule has 1 aromatic rings. The largest absolute Gasteiger partial charge is 0.335 e. The van der Waals surface area contributed by atoms with Crippen LogP contribution in [0.25, 0.3) is 0 Å². The summed E-state index contributed by atoms with van der Waals surface area (Å²) in [6.07, 6.45) is 9.52. The Hall–Kier alpha value is -0.870. The van der Waals surface area contributed by atoms with E-state index in [4.69, 9.17) is 10.7 Å². The molecule has 0 spiro atoms. The van der Waals surface area contributed by atoms with Crippen molar-refractivity contribution in [3.8, 4) is 0 Å². The van der Waals surface area contributed by atoms with Crippen LogP contribution in [0.1, 0.15) is 37.2 Å². The van der Waals surface area contributed by atoms with Crippen molar-refractivity contribution >= 4 is 0 Å². The lowest BCUT2D eigenvalue weighted by atomic mass is 10.1. The fourth-order valence-corrected chi connectivity index (χ4v) is 3.09. The number of likely N-dealkylation sites (tertiary alicyclic amines) is 1. The van der Waals surface area contributed by atoms with E-state index in [-0.39, 0.29) is 0 Å². The molecule has 100 valence electrons. The van der Waals surface area contributed by atoms with E-state index in [9.17, 15) is 0 Å². The number of nitrogens with two attached hydrogens (primary N) is 1. The molecule has 4 nitrogen and oxygen atoms in total. The van der Waals surface area contributed by atoms with Crippen LogP contribution in [0.5, 0.6) is 0 Å². The Morgan fingerprint density at radius 2 is 2.06 bits per heavy atom. The average molecular weight is 248 g/mol. The number of aryl methyl sites for hydroxylation is 1. The standard InChI is InChI=1S/C14H24N4/c15-12-4-9-18-11-13(16-14(18)10-12)5-8-17-6-2-1-3-7-17/h11-12H,1-10,15H2. The molecule has 0 aromatic carbocycles. The molecule has 0 aliphatic carbocycles. The number of imidazole rings is 1. The zero-order chi connectivity index (χ0) is 12.4. The Morgan fingerprint density at radius 3 is 2.89 bits per heavy atom. The molecule has 0 radical (unpaired) electrons. The van der Waals surface area contributed by atoms with Gasteiger partial charge in [0.05, 0.1) is 5.69 Å². The lowest BCUT2D eigenvalue weighted by molar-refractivity contribution is 0.231. The molecule has 2 aliphatic rings. The minimum absolute atomic E-state index is 0.315. The number of piperidine rings is 1. The lowest BCUT2D eigenvalue weighted by Crippen LogP contribution is -2.31. The molecule has 4 heteroatoms. The van der Waals surface area contributed by atoms with Crippen molar-refractivity contribution in [3.05, 3.63) is 17.7 Å². The van der Waals surface area contributed by atoms with Crippen molar-refractivity contribution in [2.24, 2.45) is 5.73 Å². The summed E-state index contributed by atoms with van der Waals surface area (Å²) in [5.41, 5.74) is 7.24. The second kappa shape index (κ2) is 5.41. The highest BCUT2D eigenvalue weighted by Gasteiger charge is 2.18. The molecule has 1 unspecified atom stereocenters. The monoisotopic (exact) mass is 248 g/mol. The van der Waals surface area contributed by atoms with Crippen molar-refractivity contribution in [2.75, 3.05) is 19.6 Å². The number of hydrogen-bond donors (Lipinski definition) is 1. The first-order valence-corrected chi connectivity index (χ1v) is 7.34. The second-order valence-electron chi connectivity index (χ2n) is 5.75. The Labute approximate surface area is 109 Å². The summed E-state index contributed by atoms with van der Waals surface area (Å²) in [6, 6.07) is 0.315. The number of fused-ring (bicyclic) bond motifs is 1. The molecule has 3 rings (SSSR count). The molecular formula is C14H24N4. The fourth-order valence-electron chi connectivity index (χ4n) is 3.09. The van der Waals surface area contributed by atoms with Gasteiger partial charge in [-0.2, -0.15) is 0 Å². The topological polar surface area (TPSA) is 47.1 Å². The van der Waals surface area contributed by atoms with Crippen molar-refractivity contribution in [3.63, 3.8) is 0 Å². The number of aromatic nitrogens is 2. The van der Waals surface area contributed by atoms with Gasteiger partial charge in [0, 0.05) is 38.2 Å². The minimum Gasteiger partial charge on any atom is -0.335 e. The van der Waals surface area contributed by atoms with Crippen molar-refractivity contribution in [1.29, 1.82) is 0 Å². The summed E-state index contributed by atoms with van der Waals surface area (Å²) < 4.78 is 2.30. The Kier molecular flexibility index (Phi) is 3.66. The van der Waals surface area contributed by atoms with Gasteiger partial charge in [-0.1, -0.05) is 6.42 Å². The van der Waals surface area contributed by atoms with Gasteiger partial charge >= 0.3 is 0 Å². The smallest absolute Gasteiger partial charge is 0.110 e. The number of rotatable bonds is 3. The van der Waals surface area contributed by atoms with Crippen LogP contribution < -0.4 is 5.73 Å². The molecule has 1 fully saturated rings. The molecule has 1 aromatic heterocycles. The van der Waals surface area contributed by atoms with Gasteiger partial charge in [-0.3, -0.25) is 0 Å². The third kappa shape index (κ3) is 2.75. The Bertz CT molecular complexity index is 392. The van der Waals surface area contributed by atoms with Crippen LogP contribution in [0.3, 0.4) is 0 Å². The highest BCUT2D eigenvalue weighted by atomic mass is 15.1. The molecular weight excluding hydrogens is 224 g/mol. The van der Waals surface area contributed by atoms with E-state index in [1.54, 1.807) is 0 Å². The molecule has 0 saturated carbocycles. The van der Waals surface area contributed by atoms with E-state index >= 15 is 0 Å². The van der Waals surface area contributed by atoms with Gasteiger partial charge in [-0.05, 0) is 32.4 Å². The maximum Gasteiger partial charge on any atom is 0.110 e. The van der Waals surface area contributed by atoms with Crippen LogP contribution in [0.4, 0.5) is 0 Å². The summed E-state index contributed by atoms with van der Waals surface area (Å²) >= 11 is 0. The summed E-state index contributed by atoms with van der Waals surface area (Å²) in [4.78, 5) is 7.32. The minimum atomic E-state index is 0.315. The van der Waals surface area contributed by atoms with E-state index in [1.165, 1.54) is 50.4 Å². The van der Waals surface area contributed by atoms with Crippen LogP contribution in [-0.2, 0) is 19.4 Å². The van der Waals surface area contributed by atoms with E-state index in [2.05, 4.69) is 15.7 Å². The molecule has 18 heavy (non-hydrogen) atoms. The van der Waals surface area contributed by atoms with Crippen LogP contribution in [0.15, 0.2) is 6.20 Å². The summed E-state index contributed by atoms with van der Waals surface area (Å²) in [5, 5.41) is 0. The normalized spacial score (nSPS) is 25.1. The highest BCUT2D eigenvalue weighted by Crippen LogP contribution is 2.15. The van der Waals surface area contributed by atoms with E-state index in [0.717, 1.165) is 25.8 Å². The number of hydrogen-bond acceptors (Lipinski definition) is 3. The van der Waals surface area contributed by atoms with Gasteiger partial charge in [-0.25, -0.2) is 4.98 Å². The fraction of sp³-hybridized carbons (Fsp3) is 0.786. The highest BCUT2D eigenvalue weighted by molar-refractivity contribution is 5.08. The van der Waals surface area contributed by atoms with Gasteiger partial charge in [0.15, 0.2) is 0 Å². The molecule has 3 heterocycles. The average Bonchev–Trinajstić information content (AvgIpc) is 2.79. The predicted octanol–water partition coefficient (Wildman–Crippen LogP) is 1.18. The number of nitrogens with zero attached hydrogens (tertiary/aromatic N) is 3. The van der Waals surface area contributed by atoms with Crippen molar-refractivity contribution < 1.29 is 0 Å². The molecule has 2 N–H and O–H groups in total. The molecule has 1 saturated heterocycles. The van der Waals surface area contributed by atoms with Gasteiger partial charge in [0.2, 0.25) is 0 Å². The third-order valence-corrected chi connectivity index (χ3v) is 4.23. The van der Waals surface area contributed by atoms with Crippen molar-refractivity contribution in [2.45, 2.75) is 51.1 Å². The van der Waals surface area contributed by atoms with E-state index < -0.39 is 0 Å². The lowest BCUT2D eigenvalue weighted by Gasteiger charge is -2.25. The van der Waals surface area contributed by atoms with Crippen LogP contribution in [-0.4, -0.2) is 40.1 Å². The Balaban J connectivity index is 1.56. The zero-order valence-corrected chi connectivity index (χ0v) is 11.1. The maximum atomic E-state index is 5.99. The first kappa shape index (κ1) is 12.2. The van der Waals surface area contributed by atoms with E-state index in [0.29, 0.717) is 6.04 Å². The molecule has 0 bridgehead atoms. The maximum absolute atomic E-state index is 5.99. The summed E-state index contributed by atoms with van der Waals surface area (Å²) in [5.74, 6) is 1.20. The van der Waals surface area contributed by atoms with E-state index in [1.807, 2.05) is 0 Å². The van der Waals surface area contributed by atoms with Gasteiger partial charge in [0.1, 0.15) is 5.82 Å². The zero-order valence-electron chi connectivity index (χ0n) is 11.1. The molecule has 2 aliphatic heterocycles. The Morgan fingerprint density at radius 1 is 1.22 bits per heavy atom. The first-order valence-electron chi connectivity index (χ1n) is 7.34. The molecule has 0 amide bonds. The third-order valence-electron chi connectivity index (χ3n) is 4.23. The van der Waals surface area contributed by atoms with Gasteiger partial charge in [-0.15, -0.1) is 0 Å². The predicted molar refractivity (Wildman–Crippen MR) is 72.5 cm³/mol. The van der Waals surface area contributed by atoms with Crippen LogP contribution in [0, 0.1) is 0 Å². The summed E-state index contributed by atoms with van der Waals surface area (Å²) in [6.45, 7) is 4.77. The SMILES string of the molecule is NC1CCn2cc(CCN3CCCCC3)nc2C1. The van der Waals surface area contributed by atoms with Gasteiger partial charge < -0.3 is 15.2 Å².